The molecule has 2 aromatic rings. The lowest BCUT2D eigenvalue weighted by atomic mass is 10.1. The minimum atomic E-state index is 0.0997. The summed E-state index contributed by atoms with van der Waals surface area (Å²) < 4.78 is 5.86. The molecule has 110 valence electrons. The van der Waals surface area contributed by atoms with Gasteiger partial charge in [0.25, 0.3) is 0 Å². The van der Waals surface area contributed by atoms with Gasteiger partial charge in [-0.2, -0.15) is 0 Å². The summed E-state index contributed by atoms with van der Waals surface area (Å²) in [6, 6.07) is 14.5. The number of anilines is 1. The third-order valence-electron chi connectivity index (χ3n) is 3.89. The van der Waals surface area contributed by atoms with Crippen LogP contribution in [0.15, 0.2) is 48.7 Å². The first-order valence-corrected chi connectivity index (χ1v) is 7.40. The normalized spacial score (nSPS) is 19.5. The van der Waals surface area contributed by atoms with Crippen LogP contribution in [0.5, 0.6) is 0 Å². The van der Waals surface area contributed by atoms with Gasteiger partial charge in [0, 0.05) is 31.4 Å². The molecule has 0 amide bonds. The average molecular weight is 283 g/mol. The third kappa shape index (κ3) is 3.80. The van der Waals surface area contributed by atoms with Gasteiger partial charge in [0.15, 0.2) is 0 Å². The van der Waals surface area contributed by atoms with Gasteiger partial charge < -0.3 is 10.5 Å². The van der Waals surface area contributed by atoms with E-state index in [4.69, 9.17) is 10.5 Å². The van der Waals surface area contributed by atoms with Gasteiger partial charge in [0.05, 0.1) is 12.7 Å². The maximum atomic E-state index is 5.86. The van der Waals surface area contributed by atoms with Crippen LogP contribution in [0.1, 0.15) is 17.2 Å². The average Bonchev–Trinajstić information content (AvgIpc) is 2.55. The largest absolute Gasteiger partial charge is 0.384 e. The highest BCUT2D eigenvalue weighted by Gasteiger charge is 2.21. The Morgan fingerprint density at radius 3 is 2.81 bits per heavy atom. The quantitative estimate of drug-likeness (QED) is 0.935. The molecule has 21 heavy (non-hydrogen) atoms. The predicted molar refractivity (Wildman–Crippen MR) is 83.9 cm³/mol. The maximum absolute atomic E-state index is 5.86. The predicted octanol–water partition coefficient (Wildman–Crippen LogP) is 2.28. The van der Waals surface area contributed by atoms with Gasteiger partial charge in [-0.1, -0.05) is 36.4 Å². The van der Waals surface area contributed by atoms with E-state index in [-0.39, 0.29) is 6.10 Å². The maximum Gasteiger partial charge on any atom is 0.123 e. The fourth-order valence-electron chi connectivity index (χ4n) is 2.65. The zero-order valence-corrected chi connectivity index (χ0v) is 12.1. The lowest BCUT2D eigenvalue weighted by Gasteiger charge is -2.33. The van der Waals surface area contributed by atoms with Crippen molar-refractivity contribution in [2.24, 2.45) is 0 Å². The molecule has 2 heterocycles. The summed E-state index contributed by atoms with van der Waals surface area (Å²) in [6.45, 7) is 3.74. The van der Waals surface area contributed by atoms with Gasteiger partial charge in [0.2, 0.25) is 0 Å². The van der Waals surface area contributed by atoms with Crippen LogP contribution in [0.3, 0.4) is 0 Å². The van der Waals surface area contributed by atoms with E-state index in [0.717, 1.165) is 38.2 Å². The number of hydrogen-bond donors (Lipinski definition) is 1. The van der Waals surface area contributed by atoms with Gasteiger partial charge in [-0.05, 0) is 18.1 Å². The van der Waals surface area contributed by atoms with Crippen molar-refractivity contribution in [2.45, 2.75) is 12.5 Å². The molecule has 1 unspecified atom stereocenters. The molecule has 1 aromatic carbocycles. The Hall–Kier alpha value is -1.91. The smallest absolute Gasteiger partial charge is 0.123 e. The molecule has 1 aliphatic heterocycles. The van der Waals surface area contributed by atoms with Crippen LogP contribution in [0.2, 0.25) is 0 Å². The molecule has 4 nitrogen and oxygen atoms in total. The van der Waals surface area contributed by atoms with E-state index < -0.39 is 0 Å². The molecule has 1 saturated heterocycles. The summed E-state index contributed by atoms with van der Waals surface area (Å²) in [5.41, 5.74) is 8.12. The number of pyridine rings is 1. The number of hydrogen-bond acceptors (Lipinski definition) is 4. The summed E-state index contributed by atoms with van der Waals surface area (Å²) in [5.74, 6) is 0.551. The molecule has 1 aliphatic rings. The Kier molecular flexibility index (Phi) is 4.48. The third-order valence-corrected chi connectivity index (χ3v) is 3.89. The first-order valence-electron chi connectivity index (χ1n) is 7.40. The number of ether oxygens (including phenoxy) is 1. The highest BCUT2D eigenvalue weighted by atomic mass is 16.5. The van der Waals surface area contributed by atoms with Gasteiger partial charge in [-0.25, -0.2) is 4.98 Å². The Balaban J connectivity index is 1.57. The molecular formula is C17H21N3O. The Morgan fingerprint density at radius 2 is 2.05 bits per heavy atom. The highest BCUT2D eigenvalue weighted by molar-refractivity contribution is 5.30. The first-order chi connectivity index (χ1) is 10.3. The number of nitrogens with zero attached hydrogens (tertiary/aromatic N) is 2. The molecular weight excluding hydrogens is 262 g/mol. The number of morpholine rings is 1. The lowest BCUT2D eigenvalue weighted by molar-refractivity contribution is -0.0297. The molecule has 0 bridgehead atoms. The van der Waals surface area contributed by atoms with E-state index in [1.807, 2.05) is 18.3 Å². The Bertz CT molecular complexity index is 556. The highest BCUT2D eigenvalue weighted by Crippen LogP contribution is 2.22. The topological polar surface area (TPSA) is 51.4 Å². The van der Waals surface area contributed by atoms with Crippen LogP contribution in [-0.2, 0) is 11.2 Å². The van der Waals surface area contributed by atoms with Crippen molar-refractivity contribution in [3.05, 3.63) is 59.8 Å². The van der Waals surface area contributed by atoms with Gasteiger partial charge in [-0.15, -0.1) is 0 Å². The molecule has 0 saturated carbocycles. The second-order valence-electron chi connectivity index (χ2n) is 5.41. The van der Waals surface area contributed by atoms with Crippen LogP contribution >= 0.6 is 0 Å². The van der Waals surface area contributed by atoms with Crippen LogP contribution in [-0.4, -0.2) is 36.1 Å². The fourth-order valence-corrected chi connectivity index (χ4v) is 2.65. The van der Waals surface area contributed by atoms with Gasteiger partial charge in [-0.3, -0.25) is 4.90 Å². The molecule has 0 aliphatic carbocycles. The van der Waals surface area contributed by atoms with Crippen LogP contribution < -0.4 is 5.73 Å². The van der Waals surface area contributed by atoms with Crippen molar-refractivity contribution in [2.75, 3.05) is 32.0 Å². The van der Waals surface area contributed by atoms with Gasteiger partial charge in [0.1, 0.15) is 5.82 Å². The second-order valence-corrected chi connectivity index (χ2v) is 5.41. The van der Waals surface area contributed by atoms with E-state index >= 15 is 0 Å². The van der Waals surface area contributed by atoms with Crippen molar-refractivity contribution < 1.29 is 4.74 Å². The van der Waals surface area contributed by atoms with E-state index in [0.29, 0.717) is 5.82 Å². The van der Waals surface area contributed by atoms with Gasteiger partial charge >= 0.3 is 0 Å². The van der Waals surface area contributed by atoms with Crippen LogP contribution in [0, 0.1) is 0 Å². The van der Waals surface area contributed by atoms with E-state index in [1.54, 1.807) is 0 Å². The molecule has 0 spiro atoms. The zero-order chi connectivity index (χ0) is 14.5. The fraction of sp³-hybridized carbons (Fsp3) is 0.353. The summed E-state index contributed by atoms with van der Waals surface area (Å²) in [6.07, 6.45) is 3.00. The van der Waals surface area contributed by atoms with Crippen molar-refractivity contribution in [3.8, 4) is 0 Å². The number of nitrogen functional groups attached to an aromatic ring is 1. The summed E-state index contributed by atoms with van der Waals surface area (Å²) >= 11 is 0. The molecule has 0 radical (unpaired) electrons. The minimum absolute atomic E-state index is 0.0997. The summed E-state index contributed by atoms with van der Waals surface area (Å²) in [4.78, 5) is 6.61. The monoisotopic (exact) mass is 283 g/mol. The molecule has 2 N–H and O–H groups in total. The molecule has 1 atom stereocenters. The molecule has 1 fully saturated rings. The standard InChI is InChI=1S/C17H21N3O/c18-17-7-6-15(12-19-17)16-13-20(10-11-21-16)9-8-14-4-2-1-3-5-14/h1-7,12,16H,8-11,13H2,(H2,18,19). The number of benzene rings is 1. The number of aromatic nitrogens is 1. The SMILES string of the molecule is Nc1ccc(C2CN(CCc3ccccc3)CCO2)cn1. The number of nitrogens with two attached hydrogens (primary N) is 1. The van der Waals surface area contributed by atoms with Crippen LogP contribution in [0.4, 0.5) is 5.82 Å². The molecule has 3 rings (SSSR count). The van der Waals surface area contributed by atoms with E-state index in [1.165, 1.54) is 5.56 Å². The minimum Gasteiger partial charge on any atom is -0.384 e. The summed E-state index contributed by atoms with van der Waals surface area (Å²) in [5, 5.41) is 0. The molecule has 1 aromatic heterocycles. The van der Waals surface area contributed by atoms with E-state index in [9.17, 15) is 0 Å². The zero-order valence-electron chi connectivity index (χ0n) is 12.1. The van der Waals surface area contributed by atoms with E-state index in [2.05, 4.69) is 40.2 Å². The van der Waals surface area contributed by atoms with Crippen LogP contribution in [0.25, 0.3) is 0 Å². The van der Waals surface area contributed by atoms with Crippen molar-refractivity contribution in [1.29, 1.82) is 0 Å². The van der Waals surface area contributed by atoms with Crippen molar-refractivity contribution in [1.82, 2.24) is 9.88 Å². The molecule has 4 heteroatoms. The number of rotatable bonds is 4. The Morgan fingerprint density at radius 1 is 1.19 bits per heavy atom. The second kappa shape index (κ2) is 6.70. The Labute approximate surface area is 125 Å². The summed E-state index contributed by atoms with van der Waals surface area (Å²) in [7, 11) is 0. The first kappa shape index (κ1) is 14.0. The van der Waals surface area contributed by atoms with Crippen molar-refractivity contribution >= 4 is 5.82 Å². The lowest BCUT2D eigenvalue weighted by Crippen LogP contribution is -2.39. The van der Waals surface area contributed by atoms with Crippen molar-refractivity contribution in [3.63, 3.8) is 0 Å².